The first-order valence-electron chi connectivity index (χ1n) is 17.6. The molecule has 0 aliphatic heterocycles. The summed E-state index contributed by atoms with van der Waals surface area (Å²) < 4.78 is 0. The van der Waals surface area contributed by atoms with E-state index in [1.165, 1.54) is 19.0 Å². The van der Waals surface area contributed by atoms with Crippen molar-refractivity contribution >= 4 is 108 Å². The number of halogens is 5. The highest BCUT2D eigenvalue weighted by molar-refractivity contribution is 6.36. The van der Waals surface area contributed by atoms with Gasteiger partial charge in [0, 0.05) is 17.7 Å². The number of hydrogen-bond acceptors (Lipinski definition) is 12. The molecule has 0 atom stereocenters. The number of nitrogens with two attached hydrogens (primary N) is 1. The quantitative estimate of drug-likeness (QED) is 0.116. The summed E-state index contributed by atoms with van der Waals surface area (Å²) in [5.74, 6) is 0.630. The number of para-hydroxylation sites is 2. The predicted molar refractivity (Wildman–Crippen MR) is 234 cm³/mol. The van der Waals surface area contributed by atoms with Gasteiger partial charge in [0.25, 0.3) is 0 Å². The Labute approximate surface area is 359 Å². The van der Waals surface area contributed by atoms with Gasteiger partial charge in [0.15, 0.2) is 22.3 Å². The van der Waals surface area contributed by atoms with E-state index in [2.05, 4.69) is 55.2 Å². The Hall–Kier alpha value is -6.13. The summed E-state index contributed by atoms with van der Waals surface area (Å²) in [5.41, 5.74) is 15.5. The van der Waals surface area contributed by atoms with Crippen molar-refractivity contribution in [1.82, 2.24) is 59.8 Å². The zero-order valence-electron chi connectivity index (χ0n) is 30.2. The van der Waals surface area contributed by atoms with Crippen LogP contribution in [-0.4, -0.2) is 59.8 Å². The molecule has 0 aliphatic rings. The Balaban J connectivity index is 0.000000138. The molecule has 0 spiro atoms. The molecular formula is C40H27Cl5N14. The van der Waals surface area contributed by atoms with Crippen LogP contribution in [0.25, 0.3) is 66.9 Å². The first-order chi connectivity index (χ1) is 28.8. The summed E-state index contributed by atoms with van der Waals surface area (Å²) in [6, 6.07) is 26.0. The van der Waals surface area contributed by atoms with Gasteiger partial charge >= 0.3 is 0 Å². The largest absolute Gasteiger partial charge is 0.362 e. The molecule has 4 aromatic carbocycles. The molecule has 10 aromatic rings. The van der Waals surface area contributed by atoms with Gasteiger partial charge in [-0.25, -0.2) is 49.8 Å². The molecular weight excluding hydrogens is 854 g/mol. The van der Waals surface area contributed by atoms with Crippen molar-refractivity contribution in [2.75, 3.05) is 5.32 Å². The monoisotopic (exact) mass is 878 g/mol. The number of anilines is 1. The molecule has 6 heterocycles. The molecule has 10 rings (SSSR count). The third-order valence-electron chi connectivity index (χ3n) is 8.71. The van der Waals surface area contributed by atoms with Crippen molar-refractivity contribution in [1.29, 1.82) is 0 Å². The summed E-state index contributed by atoms with van der Waals surface area (Å²) in [7, 11) is 0. The predicted octanol–water partition coefficient (Wildman–Crippen LogP) is 9.95. The van der Waals surface area contributed by atoms with Crippen molar-refractivity contribution in [2.24, 2.45) is 5.73 Å². The van der Waals surface area contributed by atoms with Crippen LogP contribution in [0.5, 0.6) is 0 Å². The number of fused-ring (bicyclic) bond motifs is 4. The maximum Gasteiger partial charge on any atom is 0.182 e. The van der Waals surface area contributed by atoms with Crippen LogP contribution in [0, 0.1) is 0 Å². The number of benzene rings is 4. The minimum atomic E-state index is 0.288. The number of imidazole rings is 2. The number of H-pyrrole nitrogens is 2. The average molecular weight is 881 g/mol. The summed E-state index contributed by atoms with van der Waals surface area (Å²) >= 11 is 30.9. The Morgan fingerprint density at radius 3 is 1.59 bits per heavy atom. The Bertz CT molecular complexity index is 3100. The molecule has 5 N–H and O–H groups in total. The van der Waals surface area contributed by atoms with Crippen LogP contribution in [0.3, 0.4) is 0 Å². The highest BCUT2D eigenvalue weighted by atomic mass is 35.5. The molecule has 6 aromatic heterocycles. The van der Waals surface area contributed by atoms with Crippen LogP contribution in [0.15, 0.2) is 110 Å². The molecule has 0 saturated heterocycles. The average Bonchev–Trinajstić information content (AvgIpc) is 3.95. The van der Waals surface area contributed by atoms with Crippen LogP contribution < -0.4 is 11.1 Å². The number of nitrogens with one attached hydrogen (secondary N) is 3. The van der Waals surface area contributed by atoms with Crippen molar-refractivity contribution in [3.63, 3.8) is 0 Å². The molecule has 19 heteroatoms. The van der Waals surface area contributed by atoms with Gasteiger partial charge in [-0.1, -0.05) is 107 Å². The first kappa shape index (κ1) is 39.7. The van der Waals surface area contributed by atoms with E-state index >= 15 is 0 Å². The lowest BCUT2D eigenvalue weighted by molar-refractivity contribution is 0.992. The summed E-state index contributed by atoms with van der Waals surface area (Å²) in [4.78, 5) is 48.7. The fraction of sp³-hybridized carbons (Fsp3) is 0.0500. The van der Waals surface area contributed by atoms with E-state index < -0.39 is 0 Å². The maximum atomic E-state index is 6.45. The molecule has 59 heavy (non-hydrogen) atoms. The molecule has 0 amide bonds. The summed E-state index contributed by atoms with van der Waals surface area (Å²) in [6.07, 6.45) is 5.96. The van der Waals surface area contributed by atoms with Crippen molar-refractivity contribution in [2.45, 2.75) is 13.1 Å². The zero-order valence-corrected chi connectivity index (χ0v) is 34.0. The van der Waals surface area contributed by atoms with E-state index in [9.17, 15) is 0 Å². The van der Waals surface area contributed by atoms with Crippen molar-refractivity contribution in [3.8, 4) is 22.5 Å². The van der Waals surface area contributed by atoms with Gasteiger partial charge < -0.3 is 21.0 Å². The van der Waals surface area contributed by atoms with Crippen LogP contribution in [-0.2, 0) is 13.1 Å². The normalized spacial score (nSPS) is 11.0. The van der Waals surface area contributed by atoms with Crippen LogP contribution in [0.4, 0.5) is 5.82 Å². The second-order valence-electron chi connectivity index (χ2n) is 12.4. The molecule has 0 radical (unpaired) electrons. The van der Waals surface area contributed by atoms with E-state index in [0.717, 1.165) is 27.9 Å². The van der Waals surface area contributed by atoms with Gasteiger partial charge in [0.1, 0.15) is 34.7 Å². The molecule has 0 unspecified atom stereocenters. The van der Waals surface area contributed by atoms with Crippen LogP contribution >= 0.6 is 58.0 Å². The molecule has 0 aliphatic carbocycles. The van der Waals surface area contributed by atoms with E-state index in [4.69, 9.17) is 73.7 Å². The summed E-state index contributed by atoms with van der Waals surface area (Å²) in [5, 5.41) is 6.01. The van der Waals surface area contributed by atoms with Gasteiger partial charge in [-0.05, 0) is 36.4 Å². The van der Waals surface area contributed by atoms with Crippen molar-refractivity contribution < 1.29 is 0 Å². The number of nitrogens with zero attached hydrogens (tertiary/aromatic N) is 10. The van der Waals surface area contributed by atoms with Gasteiger partial charge in [-0.3, -0.25) is 0 Å². The lowest BCUT2D eigenvalue weighted by Gasteiger charge is -2.13. The van der Waals surface area contributed by atoms with E-state index in [0.29, 0.717) is 88.0 Å². The molecule has 14 nitrogen and oxygen atoms in total. The zero-order chi connectivity index (χ0) is 40.9. The highest BCUT2D eigenvalue weighted by Gasteiger charge is 2.17. The van der Waals surface area contributed by atoms with Crippen LogP contribution in [0.2, 0.25) is 25.2 Å². The van der Waals surface area contributed by atoms with Gasteiger partial charge in [-0.2, -0.15) is 0 Å². The number of aromatic amines is 2. The SMILES string of the molecule is Clc1ccccc1-c1nc2c(Cl)cccc2nc1CNc1ncnc2nc[nH]c12.Clc1ncnc2nc[nH]c12.NCc1nc2cccc(Cl)c2nc1-c1ccccc1Cl. The topological polar surface area (TPSA) is 199 Å². The second-order valence-corrected chi connectivity index (χ2v) is 14.3. The minimum absolute atomic E-state index is 0.288. The maximum absolute atomic E-state index is 6.45. The lowest BCUT2D eigenvalue weighted by Crippen LogP contribution is -2.08. The fourth-order valence-corrected chi connectivity index (χ4v) is 7.02. The molecule has 0 bridgehead atoms. The second kappa shape index (κ2) is 17.8. The standard InChI is InChI=1S/C20H13Cl2N7.C15H11Cl2N3.C5H3ClN4/c21-12-5-2-1-4-11(12)16-15(28-14-7-3-6-13(22)17(14)29-16)8-23-19-18-20(25-9-24-18)27-10-26-19;16-10-5-2-1-4-9(10)14-13(8-18)19-12-7-3-6-11(17)15(12)20-14;6-4-3-5(9-1-7-3)10-2-8-4/h1-7,9-10H,8H2,(H2,23,24,25,26,27);1-7H,8,18H2;1-2H,(H,7,8,9,10). The van der Waals surface area contributed by atoms with Crippen molar-refractivity contribution in [3.05, 3.63) is 147 Å². The molecule has 292 valence electrons. The Morgan fingerprint density at radius 2 is 1.02 bits per heavy atom. The molecule has 0 saturated carbocycles. The van der Waals surface area contributed by atoms with E-state index in [1.54, 1.807) is 18.5 Å². The van der Waals surface area contributed by atoms with Crippen LogP contribution in [0.1, 0.15) is 11.4 Å². The Morgan fingerprint density at radius 1 is 0.508 bits per heavy atom. The first-order valence-corrected chi connectivity index (χ1v) is 19.5. The van der Waals surface area contributed by atoms with Gasteiger partial charge in [0.2, 0.25) is 0 Å². The van der Waals surface area contributed by atoms with E-state index in [-0.39, 0.29) is 6.54 Å². The number of hydrogen-bond donors (Lipinski definition) is 4. The number of rotatable bonds is 6. The smallest absolute Gasteiger partial charge is 0.182 e. The third kappa shape index (κ3) is 8.54. The van der Waals surface area contributed by atoms with Gasteiger partial charge in [0.05, 0.1) is 73.1 Å². The number of aromatic nitrogens is 12. The van der Waals surface area contributed by atoms with Gasteiger partial charge in [-0.15, -0.1) is 0 Å². The van der Waals surface area contributed by atoms with E-state index in [1.807, 2.05) is 72.8 Å². The summed E-state index contributed by atoms with van der Waals surface area (Å²) in [6.45, 7) is 0.664. The fourth-order valence-electron chi connectivity index (χ4n) is 5.96. The third-order valence-corrected chi connectivity index (χ3v) is 10.3. The highest BCUT2D eigenvalue weighted by Crippen LogP contribution is 2.33. The molecule has 0 fully saturated rings. The lowest BCUT2D eigenvalue weighted by atomic mass is 10.1. The minimum Gasteiger partial charge on any atom is -0.362 e. The Kier molecular flexibility index (Phi) is 12.0.